The Bertz CT molecular complexity index is 1030. The van der Waals surface area contributed by atoms with E-state index in [0.717, 1.165) is 0 Å². The molecule has 0 bridgehead atoms. The lowest BCUT2D eigenvalue weighted by atomic mass is 9.98. The third kappa shape index (κ3) is 9.29. The topological polar surface area (TPSA) is 189 Å². The van der Waals surface area contributed by atoms with Gasteiger partial charge in [0.2, 0.25) is 0 Å². The number of carbonyl (C=O) groups excluding carboxylic acids is 1. The van der Waals surface area contributed by atoms with Crippen molar-refractivity contribution in [1.29, 1.82) is 0 Å². The molecule has 0 aromatic rings. The Balaban J connectivity index is 1.10. The zero-order chi connectivity index (χ0) is 35.6. The molecule has 5 aliphatic heterocycles. The van der Waals surface area contributed by atoms with E-state index < -0.39 is 117 Å². The fourth-order valence-corrected chi connectivity index (χ4v) is 7.48. The van der Waals surface area contributed by atoms with Crippen molar-refractivity contribution >= 4 is 5.97 Å². The highest BCUT2D eigenvalue weighted by molar-refractivity contribution is 5.71. The summed E-state index contributed by atoms with van der Waals surface area (Å²) >= 11 is 0. The quantitative estimate of drug-likeness (QED) is 0.252. The Hall–Kier alpha value is -1.09. The maximum atomic E-state index is 11.8. The first-order chi connectivity index (χ1) is 23.3. The minimum absolute atomic E-state index is 0.0669. The summed E-state index contributed by atoms with van der Waals surface area (Å²) in [4.78, 5) is 11.8. The fraction of sp³-hybridized carbons (Fsp3) is 0.970. The van der Waals surface area contributed by atoms with Crippen LogP contribution in [-0.4, -0.2) is 159 Å². The molecule has 0 aromatic heterocycles. The van der Waals surface area contributed by atoms with E-state index in [2.05, 4.69) is 0 Å². The number of methoxy groups -OCH3 is 3. The van der Waals surface area contributed by atoms with Gasteiger partial charge in [-0.05, 0) is 34.6 Å². The van der Waals surface area contributed by atoms with Crippen molar-refractivity contribution in [3.05, 3.63) is 0 Å². The van der Waals surface area contributed by atoms with Crippen LogP contribution in [0, 0.1) is 0 Å². The maximum absolute atomic E-state index is 11.8. The molecule has 5 fully saturated rings. The molecule has 0 spiro atoms. The van der Waals surface area contributed by atoms with Crippen LogP contribution in [0.3, 0.4) is 0 Å². The number of rotatable bonds is 11. The Morgan fingerprint density at radius 3 is 1.37 bits per heavy atom. The number of carbonyl (C=O) groups is 1. The van der Waals surface area contributed by atoms with E-state index >= 15 is 0 Å². The molecule has 3 N–H and O–H groups in total. The van der Waals surface area contributed by atoms with Gasteiger partial charge in [-0.15, -0.1) is 0 Å². The first-order valence-corrected chi connectivity index (χ1v) is 17.4. The zero-order valence-electron chi connectivity index (χ0n) is 29.7. The molecule has 0 aliphatic carbocycles. The molecule has 19 atom stereocenters. The van der Waals surface area contributed by atoms with Gasteiger partial charge in [0.25, 0.3) is 0 Å². The summed E-state index contributed by atoms with van der Waals surface area (Å²) in [7, 11) is 4.65. The van der Waals surface area contributed by atoms with Crippen LogP contribution in [0.5, 0.6) is 0 Å². The highest BCUT2D eigenvalue weighted by Gasteiger charge is 2.48. The van der Waals surface area contributed by atoms with Crippen molar-refractivity contribution in [2.75, 3.05) is 21.3 Å². The van der Waals surface area contributed by atoms with Gasteiger partial charge < -0.3 is 72.2 Å². The molecule has 0 saturated carbocycles. The average Bonchev–Trinajstić information content (AvgIpc) is 3.04. The second-order valence-electron chi connectivity index (χ2n) is 13.8. The van der Waals surface area contributed by atoms with Crippen LogP contribution in [0.25, 0.3) is 0 Å². The van der Waals surface area contributed by atoms with Crippen molar-refractivity contribution in [3.8, 4) is 0 Å². The number of aliphatic hydroxyl groups excluding tert-OH is 3. The third-order valence-electron chi connectivity index (χ3n) is 10.2. The predicted molar refractivity (Wildman–Crippen MR) is 166 cm³/mol. The Morgan fingerprint density at radius 1 is 0.510 bits per heavy atom. The molecule has 5 heterocycles. The molecule has 0 amide bonds. The van der Waals surface area contributed by atoms with Gasteiger partial charge in [-0.1, -0.05) is 0 Å². The van der Waals surface area contributed by atoms with Gasteiger partial charge in [-0.3, -0.25) is 4.79 Å². The van der Waals surface area contributed by atoms with Gasteiger partial charge in [0.15, 0.2) is 25.2 Å². The standard InChI is InChI=1S/C33H56O16/c1-14-29(37)21(38-6)12-27(42-14)49-33-18(5)45-28(13-23(33)40-8)47-31-16(3)43-25(9-19(31)34)46-30-15(2)44-26(10-20(30)35)48-32-17(4)41-24(36)11-22(32)39-7/h14-23,25-35,37H,9-13H2,1-8H3. The molecular formula is C33H56O16. The summed E-state index contributed by atoms with van der Waals surface area (Å²) in [6.07, 6.45) is -11.0. The predicted octanol–water partition coefficient (Wildman–Crippen LogP) is 0.530. The highest BCUT2D eigenvalue weighted by Crippen LogP contribution is 2.35. The van der Waals surface area contributed by atoms with Crippen LogP contribution in [0.2, 0.25) is 0 Å². The summed E-state index contributed by atoms with van der Waals surface area (Å²) in [5, 5.41) is 32.5. The van der Waals surface area contributed by atoms with Crippen molar-refractivity contribution in [3.63, 3.8) is 0 Å². The number of esters is 1. The second-order valence-corrected chi connectivity index (χ2v) is 13.8. The molecule has 49 heavy (non-hydrogen) atoms. The van der Waals surface area contributed by atoms with E-state index in [4.69, 9.17) is 56.8 Å². The number of aliphatic hydroxyl groups is 3. The van der Waals surface area contributed by atoms with Crippen LogP contribution >= 0.6 is 0 Å². The molecule has 0 aromatic carbocycles. The lowest BCUT2D eigenvalue weighted by Gasteiger charge is -2.46. The van der Waals surface area contributed by atoms with E-state index in [-0.39, 0.29) is 25.2 Å². The minimum Gasteiger partial charge on any atom is -0.460 e. The average molecular weight is 709 g/mol. The molecule has 5 saturated heterocycles. The van der Waals surface area contributed by atoms with Crippen LogP contribution in [-0.2, 0) is 61.6 Å². The SMILES string of the molecule is COC1CC(OC2C(C)OC(OC3C(O)CC(OC4C(O)CC(OC5C(C)OC(=O)CC5OC)OC4C)OC3C)CC2OC)OC(C)C1O. The molecule has 16 nitrogen and oxygen atoms in total. The maximum Gasteiger partial charge on any atom is 0.308 e. The molecule has 0 radical (unpaired) electrons. The highest BCUT2D eigenvalue weighted by atomic mass is 16.8. The van der Waals surface area contributed by atoms with Crippen molar-refractivity contribution in [2.24, 2.45) is 0 Å². The lowest BCUT2D eigenvalue weighted by molar-refractivity contribution is -0.347. The summed E-state index contributed by atoms with van der Waals surface area (Å²) < 4.78 is 71.0. The monoisotopic (exact) mass is 708 g/mol. The van der Waals surface area contributed by atoms with E-state index in [1.165, 1.54) is 7.11 Å². The number of hydrogen-bond donors (Lipinski definition) is 3. The summed E-state index contributed by atoms with van der Waals surface area (Å²) in [5.74, 6) is -0.357. The van der Waals surface area contributed by atoms with E-state index in [0.29, 0.717) is 12.8 Å². The summed E-state index contributed by atoms with van der Waals surface area (Å²) in [5.41, 5.74) is 0. The molecule has 5 aliphatic rings. The largest absolute Gasteiger partial charge is 0.460 e. The second kappa shape index (κ2) is 17.2. The molecular weight excluding hydrogens is 652 g/mol. The van der Waals surface area contributed by atoms with Crippen molar-refractivity contribution in [1.82, 2.24) is 0 Å². The normalized spacial score (nSPS) is 49.8. The Labute approximate surface area is 287 Å². The molecule has 16 heteroatoms. The van der Waals surface area contributed by atoms with Gasteiger partial charge in [0.05, 0.1) is 61.4 Å². The Morgan fingerprint density at radius 2 is 0.898 bits per heavy atom. The number of ether oxygens (including phenoxy) is 12. The summed E-state index contributed by atoms with van der Waals surface area (Å²) in [6, 6.07) is 0. The summed E-state index contributed by atoms with van der Waals surface area (Å²) in [6.45, 7) is 8.90. The van der Waals surface area contributed by atoms with Crippen LogP contribution in [0.4, 0.5) is 0 Å². The van der Waals surface area contributed by atoms with E-state index in [1.807, 2.05) is 6.92 Å². The van der Waals surface area contributed by atoms with Gasteiger partial charge >= 0.3 is 5.97 Å². The van der Waals surface area contributed by atoms with Gasteiger partial charge in [-0.25, -0.2) is 0 Å². The first-order valence-electron chi connectivity index (χ1n) is 17.4. The first kappa shape index (κ1) is 39.1. The smallest absolute Gasteiger partial charge is 0.308 e. The van der Waals surface area contributed by atoms with Crippen molar-refractivity contribution in [2.45, 2.75) is 183 Å². The zero-order valence-corrected chi connectivity index (χ0v) is 29.7. The molecule has 284 valence electrons. The lowest BCUT2D eigenvalue weighted by Crippen LogP contribution is -2.58. The molecule has 5 rings (SSSR count). The third-order valence-corrected chi connectivity index (χ3v) is 10.2. The van der Waals surface area contributed by atoms with Crippen LogP contribution in [0.15, 0.2) is 0 Å². The van der Waals surface area contributed by atoms with Gasteiger partial charge in [0, 0.05) is 47.0 Å². The van der Waals surface area contributed by atoms with Crippen LogP contribution in [0.1, 0.15) is 66.7 Å². The van der Waals surface area contributed by atoms with E-state index in [9.17, 15) is 20.1 Å². The fourth-order valence-electron chi connectivity index (χ4n) is 7.48. The van der Waals surface area contributed by atoms with Crippen LogP contribution < -0.4 is 0 Å². The number of cyclic esters (lactones) is 1. The Kier molecular flexibility index (Phi) is 13.7. The molecule has 19 unspecified atom stereocenters. The minimum atomic E-state index is -0.952. The van der Waals surface area contributed by atoms with Crippen molar-refractivity contribution < 1.29 is 77.0 Å². The van der Waals surface area contributed by atoms with Gasteiger partial charge in [-0.2, -0.15) is 0 Å². The number of hydrogen-bond acceptors (Lipinski definition) is 16. The van der Waals surface area contributed by atoms with E-state index in [1.54, 1.807) is 41.9 Å². The van der Waals surface area contributed by atoms with Gasteiger partial charge in [0.1, 0.15) is 36.6 Å².